The van der Waals surface area contributed by atoms with Crippen LogP contribution < -0.4 is 11.3 Å². The molecule has 0 bridgehead atoms. The highest BCUT2D eigenvalue weighted by molar-refractivity contribution is 6.34. The second-order valence-corrected chi connectivity index (χ2v) is 7.05. The van der Waals surface area contributed by atoms with Gasteiger partial charge in [0.2, 0.25) is 0 Å². The van der Waals surface area contributed by atoms with Crippen LogP contribution >= 0.6 is 11.6 Å². The number of anilines is 1. The summed E-state index contributed by atoms with van der Waals surface area (Å²) in [4.78, 5) is 12.8. The van der Waals surface area contributed by atoms with E-state index in [0.717, 1.165) is 17.2 Å². The summed E-state index contributed by atoms with van der Waals surface area (Å²) in [6, 6.07) is 13.3. The maximum atomic E-state index is 13.4. The van der Waals surface area contributed by atoms with E-state index < -0.39 is 23.0 Å². The van der Waals surface area contributed by atoms with Crippen molar-refractivity contribution in [1.82, 2.24) is 4.57 Å². The second-order valence-electron chi connectivity index (χ2n) is 6.67. The quantitative estimate of drug-likeness (QED) is 0.630. The molecule has 0 aliphatic heterocycles. The lowest BCUT2D eigenvalue weighted by atomic mass is 10.0. The van der Waals surface area contributed by atoms with Gasteiger partial charge in [-0.05, 0) is 31.0 Å². The summed E-state index contributed by atoms with van der Waals surface area (Å²) in [5.41, 5.74) is 5.59. The van der Waals surface area contributed by atoms with Gasteiger partial charge in [-0.2, -0.15) is 13.2 Å². The Hall–Kier alpha value is -2.73. The van der Waals surface area contributed by atoms with Gasteiger partial charge in [0.15, 0.2) is 0 Å². The fourth-order valence-corrected chi connectivity index (χ4v) is 3.22. The highest BCUT2D eigenvalue weighted by atomic mass is 35.5. The molecule has 0 atom stereocenters. The van der Waals surface area contributed by atoms with Gasteiger partial charge in [0.05, 0.1) is 22.8 Å². The molecule has 1 heterocycles. The second kappa shape index (κ2) is 7.36. The Labute approximate surface area is 165 Å². The standard InChI is InChI=1S/C21H18ClF3N2O/c1-12-6-8-14(9-7-12)11-27-17(15-5-3-4-13(2)18(15)22)10-16(21(23,24)25)19(26)20(27)28/h3-10H,11,26H2,1-2H3. The fraction of sp³-hybridized carbons (Fsp3) is 0.190. The molecular weight excluding hydrogens is 389 g/mol. The molecule has 1 aromatic heterocycles. The number of hydrogen-bond acceptors (Lipinski definition) is 2. The van der Waals surface area contributed by atoms with Crippen LogP contribution in [0.2, 0.25) is 5.02 Å². The van der Waals surface area contributed by atoms with Crippen LogP contribution in [0.3, 0.4) is 0 Å². The van der Waals surface area contributed by atoms with Crippen molar-refractivity contribution in [3.05, 3.63) is 86.2 Å². The number of aromatic nitrogens is 1. The van der Waals surface area contributed by atoms with Gasteiger partial charge in [0, 0.05) is 5.56 Å². The topological polar surface area (TPSA) is 48.0 Å². The number of nitrogens with two attached hydrogens (primary N) is 1. The number of benzene rings is 2. The van der Waals surface area contributed by atoms with Gasteiger partial charge in [-0.25, -0.2) is 0 Å². The molecule has 146 valence electrons. The minimum atomic E-state index is -4.75. The van der Waals surface area contributed by atoms with Gasteiger partial charge in [0.25, 0.3) is 5.56 Å². The Morgan fingerprint density at radius 1 is 1.07 bits per heavy atom. The Balaban J connectivity index is 2.30. The molecule has 0 spiro atoms. The molecule has 3 nitrogen and oxygen atoms in total. The van der Waals surface area contributed by atoms with Crippen LogP contribution in [-0.2, 0) is 12.7 Å². The average Bonchev–Trinajstić information content (AvgIpc) is 2.62. The number of nitrogens with zero attached hydrogens (tertiary/aromatic N) is 1. The number of aryl methyl sites for hydroxylation is 2. The van der Waals surface area contributed by atoms with Crippen molar-refractivity contribution in [3.63, 3.8) is 0 Å². The lowest BCUT2D eigenvalue weighted by Crippen LogP contribution is -2.28. The molecule has 0 fully saturated rings. The van der Waals surface area contributed by atoms with Crippen molar-refractivity contribution in [2.24, 2.45) is 0 Å². The first-order chi connectivity index (χ1) is 13.1. The van der Waals surface area contributed by atoms with Crippen molar-refractivity contribution in [1.29, 1.82) is 0 Å². The number of alkyl halides is 3. The summed E-state index contributed by atoms with van der Waals surface area (Å²) in [5, 5.41) is 0.289. The SMILES string of the molecule is Cc1ccc(Cn2c(-c3cccc(C)c3Cl)cc(C(F)(F)F)c(N)c2=O)cc1. The monoisotopic (exact) mass is 406 g/mol. The molecule has 0 saturated heterocycles. The Morgan fingerprint density at radius 3 is 2.32 bits per heavy atom. The van der Waals surface area contributed by atoms with E-state index in [9.17, 15) is 18.0 Å². The van der Waals surface area contributed by atoms with E-state index in [1.807, 2.05) is 31.2 Å². The first-order valence-electron chi connectivity index (χ1n) is 8.51. The highest BCUT2D eigenvalue weighted by Gasteiger charge is 2.35. The third-order valence-electron chi connectivity index (χ3n) is 4.57. The van der Waals surface area contributed by atoms with Gasteiger partial charge >= 0.3 is 6.18 Å². The third-order valence-corrected chi connectivity index (χ3v) is 5.07. The van der Waals surface area contributed by atoms with Crippen LogP contribution in [0, 0.1) is 13.8 Å². The molecule has 3 aromatic rings. The fourth-order valence-electron chi connectivity index (χ4n) is 3.00. The normalized spacial score (nSPS) is 11.6. The number of hydrogen-bond donors (Lipinski definition) is 1. The van der Waals surface area contributed by atoms with Gasteiger partial charge in [-0.1, -0.05) is 59.6 Å². The van der Waals surface area contributed by atoms with E-state index in [1.165, 1.54) is 4.57 Å². The maximum Gasteiger partial charge on any atom is 0.418 e. The van der Waals surface area contributed by atoms with Gasteiger partial charge < -0.3 is 10.3 Å². The predicted octanol–water partition coefficient (Wildman–Crippen LogP) is 5.43. The zero-order valence-electron chi connectivity index (χ0n) is 15.3. The Morgan fingerprint density at radius 2 is 1.71 bits per heavy atom. The van der Waals surface area contributed by atoms with Crippen LogP contribution in [0.4, 0.5) is 18.9 Å². The van der Waals surface area contributed by atoms with Crippen LogP contribution in [0.1, 0.15) is 22.3 Å². The summed E-state index contributed by atoms with van der Waals surface area (Å²) in [5.74, 6) is 0. The molecule has 28 heavy (non-hydrogen) atoms. The van der Waals surface area contributed by atoms with Gasteiger partial charge in [0.1, 0.15) is 5.69 Å². The molecule has 0 aliphatic carbocycles. The van der Waals surface area contributed by atoms with Crippen molar-refractivity contribution in [2.45, 2.75) is 26.6 Å². The smallest absolute Gasteiger partial charge is 0.394 e. The summed E-state index contributed by atoms with van der Waals surface area (Å²) in [6.07, 6.45) is -4.75. The summed E-state index contributed by atoms with van der Waals surface area (Å²) in [6.45, 7) is 3.74. The highest BCUT2D eigenvalue weighted by Crippen LogP contribution is 2.37. The van der Waals surface area contributed by atoms with Crippen molar-refractivity contribution in [3.8, 4) is 11.3 Å². The third kappa shape index (κ3) is 3.78. The summed E-state index contributed by atoms with van der Waals surface area (Å²) < 4.78 is 41.6. The zero-order valence-corrected chi connectivity index (χ0v) is 16.0. The van der Waals surface area contributed by atoms with Crippen molar-refractivity contribution >= 4 is 17.3 Å². The van der Waals surface area contributed by atoms with Crippen LogP contribution in [0.5, 0.6) is 0 Å². The van der Waals surface area contributed by atoms with Crippen LogP contribution in [0.25, 0.3) is 11.3 Å². The van der Waals surface area contributed by atoms with E-state index in [1.54, 1.807) is 25.1 Å². The lowest BCUT2D eigenvalue weighted by molar-refractivity contribution is -0.137. The van der Waals surface area contributed by atoms with Gasteiger partial charge in [-0.15, -0.1) is 0 Å². The number of halogens is 4. The first kappa shape index (κ1) is 20.0. The lowest BCUT2D eigenvalue weighted by Gasteiger charge is -2.19. The molecule has 3 rings (SSSR count). The van der Waals surface area contributed by atoms with E-state index in [4.69, 9.17) is 17.3 Å². The molecular formula is C21H18ClF3N2O. The van der Waals surface area contributed by atoms with Crippen LogP contribution in [0.15, 0.2) is 53.3 Å². The molecule has 2 N–H and O–H groups in total. The molecule has 0 aliphatic rings. The minimum absolute atomic E-state index is 0.0702. The molecule has 0 saturated carbocycles. The van der Waals surface area contributed by atoms with E-state index in [-0.39, 0.29) is 17.3 Å². The number of nitrogen functional groups attached to an aromatic ring is 1. The van der Waals surface area contributed by atoms with Gasteiger partial charge in [-0.3, -0.25) is 4.79 Å². The average molecular weight is 407 g/mol. The summed E-state index contributed by atoms with van der Waals surface area (Å²) in [7, 11) is 0. The van der Waals surface area contributed by atoms with Crippen LogP contribution in [-0.4, -0.2) is 4.57 Å². The first-order valence-corrected chi connectivity index (χ1v) is 8.89. The van der Waals surface area contributed by atoms with Crippen molar-refractivity contribution < 1.29 is 13.2 Å². The Kier molecular flexibility index (Phi) is 5.26. The minimum Gasteiger partial charge on any atom is -0.394 e. The number of rotatable bonds is 3. The Bertz CT molecular complexity index is 1090. The summed E-state index contributed by atoms with van der Waals surface area (Å²) >= 11 is 6.35. The van der Waals surface area contributed by atoms with Crippen molar-refractivity contribution in [2.75, 3.05) is 5.73 Å². The number of pyridine rings is 1. The van der Waals surface area contributed by atoms with E-state index in [2.05, 4.69) is 0 Å². The predicted molar refractivity (Wildman–Crippen MR) is 106 cm³/mol. The molecule has 2 aromatic carbocycles. The maximum absolute atomic E-state index is 13.4. The molecule has 0 radical (unpaired) electrons. The van der Waals surface area contributed by atoms with E-state index >= 15 is 0 Å². The molecule has 0 amide bonds. The molecule has 0 unspecified atom stereocenters. The molecule has 7 heteroatoms. The largest absolute Gasteiger partial charge is 0.418 e. The zero-order chi connectivity index (χ0) is 20.6. The van der Waals surface area contributed by atoms with E-state index in [0.29, 0.717) is 11.1 Å².